The highest BCUT2D eigenvalue weighted by molar-refractivity contribution is 7.89. The van der Waals surface area contributed by atoms with Gasteiger partial charge in [0, 0.05) is 31.6 Å². The number of ether oxygens (including phenoxy) is 2. The molecule has 0 unspecified atom stereocenters. The van der Waals surface area contributed by atoms with E-state index in [-0.39, 0.29) is 35.2 Å². The molecule has 24 heavy (non-hydrogen) atoms. The monoisotopic (exact) mass is 358 g/mol. The minimum atomic E-state index is -3.76. The molecule has 0 saturated carbocycles. The third kappa shape index (κ3) is 5.10. The lowest BCUT2D eigenvalue weighted by Gasteiger charge is -2.35. The van der Waals surface area contributed by atoms with Crippen LogP contribution in [0.1, 0.15) is 27.7 Å². The Morgan fingerprint density at radius 2 is 1.83 bits per heavy atom. The topological polar surface area (TPSA) is 84.9 Å². The summed E-state index contributed by atoms with van der Waals surface area (Å²) in [6.45, 7) is 7.54. The van der Waals surface area contributed by atoms with Crippen molar-refractivity contribution in [1.82, 2.24) is 9.62 Å². The molecule has 0 aliphatic rings. The van der Waals surface area contributed by atoms with E-state index in [2.05, 4.69) is 4.72 Å². The van der Waals surface area contributed by atoms with Crippen molar-refractivity contribution in [3.8, 4) is 11.5 Å². The van der Waals surface area contributed by atoms with Gasteiger partial charge in [-0.2, -0.15) is 0 Å². The first kappa shape index (κ1) is 20.2. The van der Waals surface area contributed by atoms with Crippen molar-refractivity contribution < 1.29 is 22.7 Å². The molecule has 0 spiro atoms. The average molecular weight is 358 g/mol. The van der Waals surface area contributed by atoms with E-state index < -0.39 is 10.0 Å². The fourth-order valence-electron chi connectivity index (χ4n) is 2.33. The van der Waals surface area contributed by atoms with Crippen LogP contribution in [0.4, 0.5) is 0 Å². The lowest BCUT2D eigenvalue weighted by Crippen LogP contribution is -2.48. The van der Waals surface area contributed by atoms with Crippen LogP contribution in [-0.2, 0) is 14.8 Å². The highest BCUT2D eigenvalue weighted by atomic mass is 32.2. The Kier molecular flexibility index (Phi) is 6.62. The first-order valence-corrected chi connectivity index (χ1v) is 9.01. The van der Waals surface area contributed by atoms with Crippen LogP contribution in [0, 0.1) is 0 Å². The molecule has 0 radical (unpaired) electrons. The smallest absolute Gasteiger partial charge is 0.244 e. The van der Waals surface area contributed by atoms with Gasteiger partial charge < -0.3 is 14.4 Å². The van der Waals surface area contributed by atoms with Gasteiger partial charge in [0.25, 0.3) is 0 Å². The molecule has 1 amide bonds. The number of sulfonamides is 1. The molecule has 0 aliphatic carbocycles. The molecular formula is C16H26N2O5S. The third-order valence-electron chi connectivity index (χ3n) is 3.48. The zero-order valence-corrected chi connectivity index (χ0v) is 15.9. The standard InChI is InChI=1S/C16H26N2O5S/c1-12(19)18(16(2,3)4)10-9-17-24(20,21)15-8-7-13(22-5)11-14(15)23-6/h7-8,11,17H,9-10H2,1-6H3. The molecule has 0 saturated heterocycles. The van der Waals surface area contributed by atoms with Crippen LogP contribution in [0.15, 0.2) is 23.1 Å². The summed E-state index contributed by atoms with van der Waals surface area (Å²) < 4.78 is 37.6. The molecule has 1 rings (SSSR count). The molecule has 1 aromatic rings. The predicted octanol–water partition coefficient (Wildman–Crippen LogP) is 1.63. The molecular weight excluding hydrogens is 332 g/mol. The number of benzene rings is 1. The normalized spacial score (nSPS) is 11.9. The first-order chi connectivity index (χ1) is 11.0. The lowest BCUT2D eigenvalue weighted by atomic mass is 10.1. The highest BCUT2D eigenvalue weighted by Crippen LogP contribution is 2.28. The Balaban J connectivity index is 2.89. The van der Waals surface area contributed by atoms with Gasteiger partial charge in [0.1, 0.15) is 16.4 Å². The fraction of sp³-hybridized carbons (Fsp3) is 0.562. The van der Waals surface area contributed by atoms with Gasteiger partial charge in [0.05, 0.1) is 14.2 Å². The molecule has 1 N–H and O–H groups in total. The summed E-state index contributed by atoms with van der Waals surface area (Å²) in [5.41, 5.74) is -0.380. The largest absolute Gasteiger partial charge is 0.497 e. The number of hydrogen-bond acceptors (Lipinski definition) is 5. The SMILES string of the molecule is COc1ccc(S(=O)(=O)NCCN(C(C)=O)C(C)(C)C)c(OC)c1. The van der Waals surface area contributed by atoms with Crippen molar-refractivity contribution in [1.29, 1.82) is 0 Å². The van der Waals surface area contributed by atoms with Gasteiger partial charge in [-0.3, -0.25) is 4.79 Å². The van der Waals surface area contributed by atoms with E-state index in [1.54, 1.807) is 11.0 Å². The van der Waals surface area contributed by atoms with Gasteiger partial charge in [0.2, 0.25) is 15.9 Å². The molecule has 0 aromatic heterocycles. The summed E-state index contributed by atoms with van der Waals surface area (Å²) >= 11 is 0. The maximum atomic E-state index is 12.5. The van der Waals surface area contributed by atoms with Crippen molar-refractivity contribution in [2.45, 2.75) is 38.1 Å². The summed E-state index contributed by atoms with van der Waals surface area (Å²) in [6.07, 6.45) is 0. The summed E-state index contributed by atoms with van der Waals surface area (Å²) in [5, 5.41) is 0. The van der Waals surface area contributed by atoms with E-state index in [1.165, 1.54) is 33.3 Å². The first-order valence-electron chi connectivity index (χ1n) is 7.53. The molecule has 0 aliphatic heterocycles. The molecule has 1 aromatic carbocycles. The van der Waals surface area contributed by atoms with E-state index >= 15 is 0 Å². The van der Waals surface area contributed by atoms with Crippen molar-refractivity contribution in [3.63, 3.8) is 0 Å². The molecule has 136 valence electrons. The van der Waals surface area contributed by atoms with E-state index in [1.807, 2.05) is 20.8 Å². The summed E-state index contributed by atoms with van der Waals surface area (Å²) in [4.78, 5) is 13.3. The average Bonchev–Trinajstić information content (AvgIpc) is 2.49. The molecule has 0 bridgehead atoms. The van der Waals surface area contributed by atoms with Crippen LogP contribution in [-0.4, -0.2) is 52.1 Å². The maximum Gasteiger partial charge on any atom is 0.244 e. The zero-order chi connectivity index (χ0) is 18.5. The number of carbonyl (C=O) groups is 1. The third-order valence-corrected chi connectivity index (χ3v) is 4.98. The minimum absolute atomic E-state index is 0.0240. The number of amides is 1. The van der Waals surface area contributed by atoms with Crippen LogP contribution < -0.4 is 14.2 Å². The Hall–Kier alpha value is -1.80. The van der Waals surface area contributed by atoms with Crippen molar-refractivity contribution >= 4 is 15.9 Å². The molecule has 8 heteroatoms. The van der Waals surface area contributed by atoms with Crippen LogP contribution in [0.25, 0.3) is 0 Å². The Bertz CT molecular complexity index is 680. The second-order valence-corrected chi connectivity index (χ2v) is 7.99. The summed E-state index contributed by atoms with van der Waals surface area (Å²) in [5.74, 6) is 0.589. The Labute approximate surface area is 144 Å². The van der Waals surface area contributed by atoms with Crippen LogP contribution in [0.3, 0.4) is 0 Å². The quantitative estimate of drug-likeness (QED) is 0.801. The second kappa shape index (κ2) is 7.85. The lowest BCUT2D eigenvalue weighted by molar-refractivity contribution is -0.133. The molecule has 0 atom stereocenters. The fourth-order valence-corrected chi connectivity index (χ4v) is 3.50. The predicted molar refractivity (Wildman–Crippen MR) is 91.9 cm³/mol. The summed E-state index contributed by atoms with van der Waals surface area (Å²) in [7, 11) is -0.880. The van der Waals surface area contributed by atoms with E-state index in [0.29, 0.717) is 5.75 Å². The highest BCUT2D eigenvalue weighted by Gasteiger charge is 2.25. The van der Waals surface area contributed by atoms with Gasteiger partial charge in [0.15, 0.2) is 0 Å². The molecule has 0 heterocycles. The van der Waals surface area contributed by atoms with Gasteiger partial charge in [-0.25, -0.2) is 13.1 Å². The van der Waals surface area contributed by atoms with Crippen LogP contribution >= 0.6 is 0 Å². The second-order valence-electron chi connectivity index (χ2n) is 6.26. The van der Waals surface area contributed by atoms with Crippen LogP contribution in [0.5, 0.6) is 11.5 Å². The van der Waals surface area contributed by atoms with Gasteiger partial charge >= 0.3 is 0 Å². The van der Waals surface area contributed by atoms with E-state index in [9.17, 15) is 13.2 Å². The van der Waals surface area contributed by atoms with Gasteiger partial charge in [-0.15, -0.1) is 0 Å². The number of rotatable bonds is 7. The Morgan fingerprint density at radius 1 is 1.21 bits per heavy atom. The number of nitrogens with one attached hydrogen (secondary N) is 1. The number of methoxy groups -OCH3 is 2. The van der Waals surface area contributed by atoms with Crippen LogP contribution in [0.2, 0.25) is 0 Å². The number of carbonyl (C=O) groups excluding carboxylic acids is 1. The van der Waals surface area contributed by atoms with Crippen molar-refractivity contribution in [2.24, 2.45) is 0 Å². The van der Waals surface area contributed by atoms with E-state index in [0.717, 1.165) is 0 Å². The maximum absolute atomic E-state index is 12.5. The number of hydrogen-bond donors (Lipinski definition) is 1. The summed E-state index contributed by atoms with van der Waals surface area (Å²) in [6, 6.07) is 4.48. The number of nitrogens with zero attached hydrogens (tertiary/aromatic N) is 1. The van der Waals surface area contributed by atoms with E-state index in [4.69, 9.17) is 9.47 Å². The van der Waals surface area contributed by atoms with Crippen molar-refractivity contribution in [3.05, 3.63) is 18.2 Å². The molecule has 0 fully saturated rings. The van der Waals surface area contributed by atoms with Gasteiger partial charge in [-0.1, -0.05) is 0 Å². The Morgan fingerprint density at radius 3 is 2.29 bits per heavy atom. The molecule has 7 nitrogen and oxygen atoms in total. The van der Waals surface area contributed by atoms with Gasteiger partial charge in [-0.05, 0) is 32.9 Å². The van der Waals surface area contributed by atoms with Crippen molar-refractivity contribution in [2.75, 3.05) is 27.3 Å². The zero-order valence-electron chi connectivity index (χ0n) is 15.0. The minimum Gasteiger partial charge on any atom is -0.497 e.